The molecule has 0 spiro atoms. The first-order chi connectivity index (χ1) is 13.6. The smallest absolute Gasteiger partial charge is 0.263 e. The number of carbonyl (C=O) groups excluding carboxylic acids is 1. The van der Waals surface area contributed by atoms with E-state index >= 15 is 0 Å². The Morgan fingerprint density at radius 2 is 2.11 bits per heavy atom. The minimum Gasteiger partial charge on any atom is -0.381 e. The number of ether oxygens (including phenoxy) is 1. The number of pyridine rings is 2. The van der Waals surface area contributed by atoms with Crippen molar-refractivity contribution in [1.82, 2.24) is 14.5 Å². The van der Waals surface area contributed by atoms with Gasteiger partial charge < -0.3 is 14.2 Å². The van der Waals surface area contributed by atoms with Crippen molar-refractivity contribution in [2.75, 3.05) is 26.3 Å². The molecule has 0 radical (unpaired) electrons. The number of hydrogen-bond acceptors (Lipinski definition) is 4. The van der Waals surface area contributed by atoms with Gasteiger partial charge >= 0.3 is 0 Å². The zero-order valence-electron chi connectivity index (χ0n) is 16.1. The van der Waals surface area contributed by atoms with Crippen molar-refractivity contribution in [2.24, 2.45) is 23.7 Å². The first-order valence-electron chi connectivity index (χ1n) is 10.1. The van der Waals surface area contributed by atoms with Gasteiger partial charge in [-0.05, 0) is 60.3 Å². The summed E-state index contributed by atoms with van der Waals surface area (Å²) in [6, 6.07) is 5.65. The SMILES string of the molecule is Cc1ccn(Cc2cccnc2)c(=O)c1C(=O)N1C[C@@H]2C[C@@H]3COC[C@@H]3[C@@H]2C1. The maximum atomic E-state index is 13.3. The van der Waals surface area contributed by atoms with Crippen molar-refractivity contribution in [3.05, 3.63) is 63.8 Å². The number of amides is 1. The van der Waals surface area contributed by atoms with Gasteiger partial charge in [-0.1, -0.05) is 6.07 Å². The third-order valence-corrected chi connectivity index (χ3v) is 6.85. The molecular weight excluding hydrogens is 354 g/mol. The minimum atomic E-state index is -0.215. The molecule has 3 aliphatic rings. The third kappa shape index (κ3) is 2.87. The minimum absolute atomic E-state index is 0.118. The highest BCUT2D eigenvalue weighted by Crippen LogP contribution is 2.48. The van der Waals surface area contributed by atoms with Crippen molar-refractivity contribution in [3.8, 4) is 0 Å². The van der Waals surface area contributed by atoms with Gasteiger partial charge in [0.25, 0.3) is 11.5 Å². The van der Waals surface area contributed by atoms with E-state index in [1.165, 1.54) is 0 Å². The number of hydrogen-bond donors (Lipinski definition) is 0. The zero-order valence-corrected chi connectivity index (χ0v) is 16.1. The Balaban J connectivity index is 1.39. The van der Waals surface area contributed by atoms with Gasteiger partial charge in [0.15, 0.2) is 0 Å². The van der Waals surface area contributed by atoms with Crippen molar-refractivity contribution in [1.29, 1.82) is 0 Å². The number of aromatic nitrogens is 2. The second-order valence-electron chi connectivity index (χ2n) is 8.50. The van der Waals surface area contributed by atoms with E-state index in [0.717, 1.165) is 43.9 Å². The van der Waals surface area contributed by atoms with Crippen LogP contribution in [0.3, 0.4) is 0 Å². The predicted octanol–water partition coefficient (Wildman–Crippen LogP) is 1.95. The standard InChI is InChI=1S/C22H25N3O3/c1-14-4-6-24(9-15-3-2-5-23-8-15)21(26)20(14)22(27)25-10-16-7-17-12-28-13-19(17)18(16)11-25/h2-6,8,16-19H,7,9-13H2,1H3/t16-,17+,18+,19-/m0/s1. The molecule has 3 fully saturated rings. The molecule has 6 nitrogen and oxygen atoms in total. The fraction of sp³-hybridized carbons (Fsp3) is 0.500. The van der Waals surface area contributed by atoms with Crippen molar-refractivity contribution >= 4 is 5.91 Å². The van der Waals surface area contributed by atoms with Crippen molar-refractivity contribution < 1.29 is 9.53 Å². The average Bonchev–Trinajstić information content (AvgIpc) is 3.37. The molecule has 4 heterocycles. The molecule has 4 atom stereocenters. The van der Waals surface area contributed by atoms with E-state index in [0.29, 0.717) is 35.8 Å². The topological polar surface area (TPSA) is 64.4 Å². The number of aryl methyl sites for hydroxylation is 1. The molecule has 5 rings (SSSR count). The van der Waals surface area contributed by atoms with E-state index in [1.807, 2.05) is 30.0 Å². The molecule has 2 saturated heterocycles. The van der Waals surface area contributed by atoms with Gasteiger partial charge in [0.2, 0.25) is 0 Å². The van der Waals surface area contributed by atoms with Crippen LogP contribution in [0.15, 0.2) is 41.6 Å². The van der Waals surface area contributed by atoms with Gasteiger partial charge in [0.1, 0.15) is 5.56 Å². The summed E-state index contributed by atoms with van der Waals surface area (Å²) in [5.74, 6) is 2.22. The lowest BCUT2D eigenvalue weighted by Gasteiger charge is -2.21. The molecule has 0 unspecified atom stereocenters. The predicted molar refractivity (Wildman–Crippen MR) is 104 cm³/mol. The lowest BCUT2D eigenvalue weighted by molar-refractivity contribution is 0.0770. The third-order valence-electron chi connectivity index (χ3n) is 6.85. The number of fused-ring (bicyclic) bond motifs is 3. The Bertz CT molecular complexity index is 955. The van der Waals surface area contributed by atoms with Gasteiger partial charge in [-0.15, -0.1) is 0 Å². The van der Waals surface area contributed by atoms with Gasteiger partial charge in [-0.3, -0.25) is 14.6 Å². The normalized spacial score (nSPS) is 28.4. The van der Waals surface area contributed by atoms with Crippen molar-refractivity contribution in [3.63, 3.8) is 0 Å². The summed E-state index contributed by atoms with van der Waals surface area (Å²) in [5.41, 5.74) is 1.78. The molecule has 2 aliphatic heterocycles. The van der Waals surface area contributed by atoms with E-state index in [1.54, 1.807) is 23.2 Å². The van der Waals surface area contributed by atoms with Crippen LogP contribution < -0.4 is 5.56 Å². The van der Waals surface area contributed by atoms with E-state index < -0.39 is 0 Å². The van der Waals surface area contributed by atoms with Crippen LogP contribution in [0.2, 0.25) is 0 Å². The Kier molecular flexibility index (Phi) is 4.31. The molecule has 2 aromatic rings. The van der Waals surface area contributed by atoms with E-state index in [2.05, 4.69) is 4.98 Å². The van der Waals surface area contributed by atoms with Gasteiger partial charge in [-0.2, -0.15) is 0 Å². The second kappa shape index (κ2) is 6.85. The molecule has 1 saturated carbocycles. The molecule has 6 heteroatoms. The van der Waals surface area contributed by atoms with Gasteiger partial charge in [0, 0.05) is 38.3 Å². The van der Waals surface area contributed by atoms with Crippen LogP contribution in [-0.2, 0) is 11.3 Å². The molecule has 146 valence electrons. The Labute approximate surface area is 164 Å². The summed E-state index contributed by atoms with van der Waals surface area (Å²) < 4.78 is 7.25. The number of carbonyl (C=O) groups is 1. The first-order valence-corrected chi connectivity index (χ1v) is 10.1. The molecule has 28 heavy (non-hydrogen) atoms. The fourth-order valence-electron chi connectivity index (χ4n) is 5.41. The molecule has 0 bridgehead atoms. The summed E-state index contributed by atoms with van der Waals surface area (Å²) in [6.45, 7) is 5.50. The Hall–Kier alpha value is -2.47. The second-order valence-corrected chi connectivity index (χ2v) is 8.50. The quantitative estimate of drug-likeness (QED) is 0.818. The van der Waals surface area contributed by atoms with Crippen LogP contribution in [0.25, 0.3) is 0 Å². The molecule has 1 amide bonds. The lowest BCUT2D eigenvalue weighted by Crippen LogP contribution is -2.37. The summed E-state index contributed by atoms with van der Waals surface area (Å²) in [6.07, 6.45) is 6.37. The highest BCUT2D eigenvalue weighted by Gasteiger charge is 2.51. The van der Waals surface area contributed by atoms with Crippen LogP contribution in [0.5, 0.6) is 0 Å². The van der Waals surface area contributed by atoms with Gasteiger partial charge in [0.05, 0.1) is 13.2 Å². The maximum Gasteiger partial charge on any atom is 0.263 e. The number of nitrogens with zero attached hydrogens (tertiary/aromatic N) is 3. The maximum absolute atomic E-state index is 13.3. The lowest BCUT2D eigenvalue weighted by atomic mass is 9.91. The highest BCUT2D eigenvalue weighted by atomic mass is 16.5. The number of likely N-dealkylation sites (tertiary alicyclic amines) is 1. The summed E-state index contributed by atoms with van der Waals surface area (Å²) >= 11 is 0. The Morgan fingerprint density at radius 3 is 2.93 bits per heavy atom. The highest BCUT2D eigenvalue weighted by molar-refractivity contribution is 5.95. The fourth-order valence-corrected chi connectivity index (χ4v) is 5.41. The van der Waals surface area contributed by atoms with Crippen LogP contribution in [0, 0.1) is 30.6 Å². The summed E-state index contributed by atoms with van der Waals surface area (Å²) in [5, 5.41) is 0. The summed E-state index contributed by atoms with van der Waals surface area (Å²) in [4.78, 5) is 32.4. The van der Waals surface area contributed by atoms with Crippen LogP contribution in [-0.4, -0.2) is 46.7 Å². The number of rotatable bonds is 3. The largest absolute Gasteiger partial charge is 0.381 e. The van der Waals surface area contributed by atoms with Crippen LogP contribution in [0.4, 0.5) is 0 Å². The van der Waals surface area contributed by atoms with E-state index in [9.17, 15) is 9.59 Å². The van der Waals surface area contributed by atoms with E-state index in [-0.39, 0.29) is 11.5 Å². The molecular formula is C22H25N3O3. The Morgan fingerprint density at radius 1 is 1.21 bits per heavy atom. The molecule has 2 aromatic heterocycles. The first kappa shape index (κ1) is 17.6. The van der Waals surface area contributed by atoms with Crippen molar-refractivity contribution in [2.45, 2.75) is 19.9 Å². The molecule has 0 aromatic carbocycles. The van der Waals surface area contributed by atoms with Crippen LogP contribution in [0.1, 0.15) is 27.9 Å². The monoisotopic (exact) mass is 379 g/mol. The van der Waals surface area contributed by atoms with E-state index in [4.69, 9.17) is 4.74 Å². The van der Waals surface area contributed by atoms with Gasteiger partial charge in [-0.25, -0.2) is 0 Å². The molecule has 0 N–H and O–H groups in total. The summed E-state index contributed by atoms with van der Waals surface area (Å²) in [7, 11) is 0. The zero-order chi connectivity index (χ0) is 19.3. The molecule has 1 aliphatic carbocycles. The van der Waals surface area contributed by atoms with Crippen LogP contribution >= 0.6 is 0 Å². The average molecular weight is 379 g/mol.